The van der Waals surface area contributed by atoms with Gasteiger partial charge in [-0.3, -0.25) is 4.79 Å². The van der Waals surface area contributed by atoms with Crippen molar-refractivity contribution in [2.45, 2.75) is 6.61 Å². The van der Waals surface area contributed by atoms with Gasteiger partial charge in [-0.05, 0) is 64.4 Å². The third kappa shape index (κ3) is 6.07. The summed E-state index contributed by atoms with van der Waals surface area (Å²) in [6, 6.07) is 24.8. The SMILES string of the molecule is COc1cc(/C=C(/C#N)C(=O)Nc2cccc(C(=O)O)c2)cc(Cl)c1OCc1ccc2ccccc2c1. The molecule has 8 heteroatoms. The molecule has 0 bridgehead atoms. The topological polar surface area (TPSA) is 109 Å². The lowest BCUT2D eigenvalue weighted by atomic mass is 10.1. The number of aromatic carboxylic acids is 1. The molecule has 0 saturated carbocycles. The van der Waals surface area contributed by atoms with E-state index in [1.807, 2.05) is 48.5 Å². The molecule has 0 aromatic heterocycles. The zero-order valence-electron chi connectivity index (χ0n) is 19.7. The van der Waals surface area contributed by atoms with Crippen molar-refractivity contribution in [3.05, 3.63) is 106 Å². The minimum absolute atomic E-state index is 0.0103. The molecule has 7 nitrogen and oxygen atoms in total. The Bertz CT molecular complexity index is 1570. The van der Waals surface area contributed by atoms with Gasteiger partial charge < -0.3 is 19.9 Å². The number of ether oxygens (including phenoxy) is 2. The van der Waals surface area contributed by atoms with E-state index in [1.54, 1.807) is 12.1 Å². The van der Waals surface area contributed by atoms with Crippen LogP contribution in [0.15, 0.2) is 84.4 Å². The smallest absolute Gasteiger partial charge is 0.335 e. The second kappa shape index (κ2) is 11.3. The molecule has 184 valence electrons. The Morgan fingerprint density at radius 1 is 1.03 bits per heavy atom. The average molecular weight is 513 g/mol. The van der Waals surface area contributed by atoms with Gasteiger partial charge in [0.1, 0.15) is 18.2 Å². The zero-order valence-corrected chi connectivity index (χ0v) is 20.5. The van der Waals surface area contributed by atoms with Crippen LogP contribution >= 0.6 is 11.6 Å². The fraction of sp³-hybridized carbons (Fsp3) is 0.0690. The van der Waals surface area contributed by atoms with Crippen LogP contribution in [-0.2, 0) is 11.4 Å². The number of nitrogens with zero attached hydrogens (tertiary/aromatic N) is 1. The number of carboxylic acids is 1. The molecule has 0 aliphatic heterocycles. The molecule has 0 radical (unpaired) electrons. The van der Waals surface area contributed by atoms with E-state index >= 15 is 0 Å². The molecule has 0 fully saturated rings. The predicted molar refractivity (Wildman–Crippen MR) is 142 cm³/mol. The largest absolute Gasteiger partial charge is 0.493 e. The fourth-order valence-electron chi connectivity index (χ4n) is 3.69. The highest BCUT2D eigenvalue weighted by Crippen LogP contribution is 2.37. The summed E-state index contributed by atoms with van der Waals surface area (Å²) in [6.45, 7) is 0.261. The van der Waals surface area contributed by atoms with Crippen LogP contribution in [0.4, 0.5) is 5.69 Å². The number of hydrogen-bond donors (Lipinski definition) is 2. The first-order valence-corrected chi connectivity index (χ1v) is 11.5. The summed E-state index contributed by atoms with van der Waals surface area (Å²) in [6.07, 6.45) is 1.36. The number of rotatable bonds is 8. The lowest BCUT2D eigenvalue weighted by Crippen LogP contribution is -2.14. The molecular weight excluding hydrogens is 492 g/mol. The summed E-state index contributed by atoms with van der Waals surface area (Å²) in [5, 5.41) is 23.7. The second-order valence-corrected chi connectivity index (χ2v) is 8.42. The Morgan fingerprint density at radius 3 is 2.54 bits per heavy atom. The number of amides is 1. The number of halogens is 1. The van der Waals surface area contributed by atoms with Crippen LogP contribution in [0.3, 0.4) is 0 Å². The Kier molecular flexibility index (Phi) is 7.72. The standard InChI is InChI=1S/C29H21ClN2O5/c1-36-26-14-19(12-23(16-31)28(33)32-24-8-4-7-22(15-24)29(34)35)13-25(30)27(26)37-17-18-9-10-20-5-2-3-6-21(20)11-18/h2-15H,17H2,1H3,(H,32,33)(H,34,35)/b23-12-. The number of carbonyl (C=O) groups excluding carboxylic acids is 1. The molecule has 4 aromatic carbocycles. The van der Waals surface area contributed by atoms with Crippen molar-refractivity contribution >= 4 is 46.0 Å². The molecule has 4 aromatic rings. The maximum absolute atomic E-state index is 12.6. The molecule has 2 N–H and O–H groups in total. The summed E-state index contributed by atoms with van der Waals surface area (Å²) in [4.78, 5) is 23.8. The van der Waals surface area contributed by atoms with Gasteiger partial charge in [-0.25, -0.2) is 4.79 Å². The zero-order chi connectivity index (χ0) is 26.4. The van der Waals surface area contributed by atoms with Crippen LogP contribution in [0, 0.1) is 11.3 Å². The molecule has 0 atom stereocenters. The van der Waals surface area contributed by atoms with Crippen LogP contribution in [0.2, 0.25) is 5.02 Å². The Balaban J connectivity index is 1.53. The number of anilines is 1. The van der Waals surface area contributed by atoms with Gasteiger partial charge in [0.15, 0.2) is 11.5 Å². The minimum atomic E-state index is -1.13. The van der Waals surface area contributed by atoms with E-state index in [-0.39, 0.29) is 28.5 Å². The molecule has 1 amide bonds. The first kappa shape index (κ1) is 25.3. The van der Waals surface area contributed by atoms with Crippen LogP contribution < -0.4 is 14.8 Å². The number of carboxylic acid groups (broad SMARTS) is 1. The average Bonchev–Trinajstić information content (AvgIpc) is 2.90. The van der Waals surface area contributed by atoms with Gasteiger partial charge in [0.25, 0.3) is 5.91 Å². The third-order valence-electron chi connectivity index (χ3n) is 5.49. The maximum atomic E-state index is 12.6. The summed E-state index contributed by atoms with van der Waals surface area (Å²) in [5.74, 6) is -1.15. The van der Waals surface area contributed by atoms with Gasteiger partial charge in [-0.15, -0.1) is 0 Å². The van der Waals surface area contributed by atoms with Crippen LogP contribution in [0.25, 0.3) is 16.8 Å². The van der Waals surface area contributed by atoms with E-state index in [0.717, 1.165) is 16.3 Å². The van der Waals surface area contributed by atoms with Gasteiger partial charge in [0.05, 0.1) is 17.7 Å². The summed E-state index contributed by atoms with van der Waals surface area (Å²) in [5.41, 5.74) is 1.46. The van der Waals surface area contributed by atoms with Gasteiger partial charge >= 0.3 is 5.97 Å². The lowest BCUT2D eigenvalue weighted by Gasteiger charge is -2.14. The Hall–Kier alpha value is -4.80. The molecular formula is C29H21ClN2O5. The first-order valence-electron chi connectivity index (χ1n) is 11.1. The van der Waals surface area contributed by atoms with E-state index in [9.17, 15) is 14.9 Å². The van der Waals surface area contributed by atoms with Crippen molar-refractivity contribution in [1.29, 1.82) is 5.26 Å². The molecule has 0 unspecified atom stereocenters. The highest BCUT2D eigenvalue weighted by Gasteiger charge is 2.15. The Morgan fingerprint density at radius 2 is 1.81 bits per heavy atom. The van der Waals surface area contributed by atoms with Crippen molar-refractivity contribution in [2.75, 3.05) is 12.4 Å². The van der Waals surface area contributed by atoms with Crippen LogP contribution in [0.1, 0.15) is 21.5 Å². The number of methoxy groups -OCH3 is 1. The molecule has 0 heterocycles. The number of hydrogen-bond acceptors (Lipinski definition) is 5. The molecule has 0 saturated heterocycles. The number of nitrogens with one attached hydrogen (secondary N) is 1. The monoisotopic (exact) mass is 512 g/mol. The van der Waals surface area contributed by atoms with Gasteiger partial charge in [-0.2, -0.15) is 5.26 Å². The van der Waals surface area contributed by atoms with Crippen molar-refractivity contribution in [3.8, 4) is 17.6 Å². The molecule has 37 heavy (non-hydrogen) atoms. The van der Waals surface area contributed by atoms with Crippen molar-refractivity contribution in [1.82, 2.24) is 0 Å². The van der Waals surface area contributed by atoms with Crippen molar-refractivity contribution in [3.63, 3.8) is 0 Å². The first-order chi connectivity index (χ1) is 17.9. The highest BCUT2D eigenvalue weighted by molar-refractivity contribution is 6.32. The molecule has 0 spiro atoms. The van der Waals surface area contributed by atoms with Crippen molar-refractivity contribution < 1.29 is 24.2 Å². The summed E-state index contributed by atoms with van der Waals surface area (Å²) >= 11 is 6.48. The highest BCUT2D eigenvalue weighted by atomic mass is 35.5. The van der Waals surface area contributed by atoms with Gasteiger partial charge in [-0.1, -0.05) is 54.1 Å². The minimum Gasteiger partial charge on any atom is -0.493 e. The maximum Gasteiger partial charge on any atom is 0.335 e. The van der Waals surface area contributed by atoms with E-state index in [0.29, 0.717) is 17.1 Å². The van der Waals surface area contributed by atoms with E-state index in [4.69, 9.17) is 26.2 Å². The Labute approximate surface area is 218 Å². The van der Waals surface area contributed by atoms with Crippen molar-refractivity contribution in [2.24, 2.45) is 0 Å². The number of benzene rings is 4. The molecule has 0 aliphatic carbocycles. The normalized spacial score (nSPS) is 11.0. The summed E-state index contributed by atoms with van der Waals surface area (Å²) in [7, 11) is 1.47. The molecule has 0 aliphatic rings. The molecule has 4 rings (SSSR count). The second-order valence-electron chi connectivity index (χ2n) is 8.01. The quantitative estimate of drug-likeness (QED) is 0.211. The van der Waals surface area contributed by atoms with Crippen LogP contribution in [0.5, 0.6) is 11.5 Å². The fourth-order valence-corrected chi connectivity index (χ4v) is 3.96. The van der Waals surface area contributed by atoms with Gasteiger partial charge in [0.2, 0.25) is 0 Å². The third-order valence-corrected chi connectivity index (χ3v) is 5.77. The number of nitriles is 1. The number of carbonyl (C=O) groups is 2. The lowest BCUT2D eigenvalue weighted by molar-refractivity contribution is -0.112. The van der Waals surface area contributed by atoms with Crippen LogP contribution in [-0.4, -0.2) is 24.1 Å². The van der Waals surface area contributed by atoms with Gasteiger partial charge in [0, 0.05) is 5.69 Å². The summed E-state index contributed by atoms with van der Waals surface area (Å²) < 4.78 is 11.4. The van der Waals surface area contributed by atoms with E-state index in [1.165, 1.54) is 37.5 Å². The number of fused-ring (bicyclic) bond motifs is 1. The van der Waals surface area contributed by atoms with E-state index < -0.39 is 11.9 Å². The van der Waals surface area contributed by atoms with E-state index in [2.05, 4.69) is 5.32 Å². The predicted octanol–water partition coefficient (Wildman–Crippen LogP) is 6.32.